The Hall–Kier alpha value is -2.06. The highest BCUT2D eigenvalue weighted by molar-refractivity contribution is 5.66. The molecule has 1 aromatic heterocycles. The fourth-order valence-electron chi connectivity index (χ4n) is 0.941. The fourth-order valence-corrected chi connectivity index (χ4v) is 0.941. The molecule has 0 unspecified atom stereocenters. The van der Waals surface area contributed by atoms with E-state index in [1.165, 1.54) is 0 Å². The largest absolute Gasteiger partial charge is 0.480 e. The number of hydrogen-bond acceptors (Lipinski definition) is 4. The van der Waals surface area contributed by atoms with Gasteiger partial charge in [-0.15, -0.1) is 0 Å². The number of nitrogens with zero attached hydrogens (tertiary/aromatic N) is 3. The van der Waals surface area contributed by atoms with Crippen LogP contribution >= 0.6 is 0 Å². The van der Waals surface area contributed by atoms with E-state index < -0.39 is 35.2 Å². The molecule has 9 heteroatoms. The third kappa shape index (κ3) is 2.45. The van der Waals surface area contributed by atoms with E-state index in [2.05, 4.69) is 5.10 Å². The number of nitro groups is 1. The summed E-state index contributed by atoms with van der Waals surface area (Å²) in [5.74, 6) is -1.33. The van der Waals surface area contributed by atoms with Crippen molar-refractivity contribution in [1.29, 1.82) is 0 Å². The number of halogens is 2. The highest BCUT2D eigenvalue weighted by Crippen LogP contribution is 2.26. The van der Waals surface area contributed by atoms with E-state index in [-0.39, 0.29) is 0 Å². The van der Waals surface area contributed by atoms with Gasteiger partial charge in [0, 0.05) is 0 Å². The van der Waals surface area contributed by atoms with Crippen LogP contribution < -0.4 is 0 Å². The normalized spacial score (nSPS) is 10.6. The maximum Gasteiger partial charge on any atom is 0.325 e. The minimum atomic E-state index is -3.11. The molecule has 0 amide bonds. The lowest BCUT2D eigenvalue weighted by molar-refractivity contribution is -0.386. The highest BCUT2D eigenvalue weighted by Gasteiger charge is 2.27. The molecule has 0 fully saturated rings. The van der Waals surface area contributed by atoms with Crippen molar-refractivity contribution in [3.8, 4) is 0 Å². The SMILES string of the molecule is O=C(O)Cn1cc([N+](=O)[O-])c(C(F)F)n1. The molecule has 0 atom stereocenters. The summed E-state index contributed by atoms with van der Waals surface area (Å²) < 4.78 is 25.0. The second kappa shape index (κ2) is 3.98. The minimum absolute atomic E-state index is 0.585. The molecule has 1 rings (SSSR count). The summed E-state index contributed by atoms with van der Waals surface area (Å²) in [6.45, 7) is -0.701. The summed E-state index contributed by atoms with van der Waals surface area (Å²) in [5.41, 5.74) is -1.91. The Morgan fingerprint density at radius 1 is 1.73 bits per heavy atom. The predicted octanol–water partition coefficient (Wildman–Crippen LogP) is 0.814. The second-order valence-electron chi connectivity index (χ2n) is 2.55. The molecule has 0 radical (unpaired) electrons. The Kier molecular flexibility index (Phi) is 2.93. The van der Waals surface area contributed by atoms with Gasteiger partial charge in [0.15, 0.2) is 0 Å². The van der Waals surface area contributed by atoms with Gasteiger partial charge < -0.3 is 5.11 Å². The number of carboxylic acids is 1. The zero-order valence-electron chi connectivity index (χ0n) is 7.13. The van der Waals surface area contributed by atoms with Gasteiger partial charge in [-0.1, -0.05) is 0 Å². The van der Waals surface area contributed by atoms with Crippen LogP contribution in [0.1, 0.15) is 12.1 Å². The van der Waals surface area contributed by atoms with E-state index in [1.807, 2.05) is 0 Å². The van der Waals surface area contributed by atoms with Crippen LogP contribution in [0.5, 0.6) is 0 Å². The number of aromatic nitrogens is 2. The summed E-state index contributed by atoms with van der Waals surface area (Å²) >= 11 is 0. The van der Waals surface area contributed by atoms with Gasteiger partial charge in [0.1, 0.15) is 12.7 Å². The lowest BCUT2D eigenvalue weighted by atomic mass is 10.4. The summed E-state index contributed by atoms with van der Waals surface area (Å²) in [7, 11) is 0. The molecule has 0 saturated heterocycles. The van der Waals surface area contributed by atoms with Gasteiger partial charge >= 0.3 is 11.7 Å². The van der Waals surface area contributed by atoms with E-state index in [4.69, 9.17) is 5.11 Å². The standard InChI is InChI=1S/C6H5F2N3O4/c7-6(8)5-3(11(14)15)1-10(9-5)2-4(12)13/h1,6H,2H2,(H,12,13). The molecule has 0 saturated carbocycles. The molecule has 1 N–H and O–H groups in total. The van der Waals surface area contributed by atoms with Crippen LogP contribution in [0.25, 0.3) is 0 Å². The molecule has 0 aromatic carbocycles. The van der Waals surface area contributed by atoms with Crippen LogP contribution in [0.3, 0.4) is 0 Å². The second-order valence-corrected chi connectivity index (χ2v) is 2.55. The number of alkyl halides is 2. The Bertz CT molecular complexity index is 403. The zero-order valence-corrected chi connectivity index (χ0v) is 7.13. The molecule has 1 heterocycles. The van der Waals surface area contributed by atoms with Gasteiger partial charge in [-0.3, -0.25) is 19.6 Å². The van der Waals surface area contributed by atoms with E-state index in [9.17, 15) is 23.7 Å². The summed E-state index contributed by atoms with van der Waals surface area (Å²) in [6.07, 6.45) is -2.45. The fraction of sp³-hybridized carbons (Fsp3) is 0.333. The number of rotatable bonds is 4. The van der Waals surface area contributed by atoms with E-state index in [1.54, 1.807) is 0 Å². The Balaban J connectivity index is 3.09. The van der Waals surface area contributed by atoms with Gasteiger partial charge in [-0.05, 0) is 0 Å². The lowest BCUT2D eigenvalue weighted by Crippen LogP contribution is -2.09. The van der Waals surface area contributed by atoms with Gasteiger partial charge in [0.05, 0.1) is 4.92 Å². The number of carbonyl (C=O) groups is 1. The van der Waals surface area contributed by atoms with Gasteiger partial charge in [-0.2, -0.15) is 5.10 Å². The number of carboxylic acid groups (broad SMARTS) is 1. The third-order valence-corrected chi connectivity index (χ3v) is 1.47. The topological polar surface area (TPSA) is 98.3 Å². The van der Waals surface area contributed by atoms with Crippen molar-refractivity contribution in [3.63, 3.8) is 0 Å². The molecular weight excluding hydrogens is 216 g/mol. The first-order chi connectivity index (χ1) is 6.91. The van der Waals surface area contributed by atoms with E-state index in [0.717, 1.165) is 0 Å². The Labute approximate surface area is 81.1 Å². The minimum Gasteiger partial charge on any atom is -0.480 e. The average molecular weight is 221 g/mol. The number of hydrogen-bond donors (Lipinski definition) is 1. The summed E-state index contributed by atoms with van der Waals surface area (Å²) in [5, 5.41) is 21.7. The maximum absolute atomic E-state index is 12.2. The van der Waals surface area contributed by atoms with Crippen molar-refractivity contribution in [1.82, 2.24) is 9.78 Å². The van der Waals surface area contributed by atoms with Crippen LogP contribution in [0, 0.1) is 10.1 Å². The summed E-state index contributed by atoms with van der Waals surface area (Å²) in [4.78, 5) is 19.5. The molecule has 0 aliphatic heterocycles. The van der Waals surface area contributed by atoms with Crippen LogP contribution in [-0.4, -0.2) is 25.8 Å². The molecule has 7 nitrogen and oxygen atoms in total. The van der Waals surface area contributed by atoms with Crippen molar-refractivity contribution >= 4 is 11.7 Å². The van der Waals surface area contributed by atoms with Gasteiger partial charge in [0.2, 0.25) is 5.69 Å². The van der Waals surface area contributed by atoms with E-state index >= 15 is 0 Å². The smallest absolute Gasteiger partial charge is 0.325 e. The van der Waals surface area contributed by atoms with Gasteiger partial charge in [0.25, 0.3) is 6.43 Å². The molecular formula is C6H5F2N3O4. The molecule has 15 heavy (non-hydrogen) atoms. The Morgan fingerprint density at radius 3 is 2.67 bits per heavy atom. The quantitative estimate of drug-likeness (QED) is 0.599. The van der Waals surface area contributed by atoms with Gasteiger partial charge in [-0.25, -0.2) is 8.78 Å². The van der Waals surface area contributed by atoms with Crippen molar-refractivity contribution < 1.29 is 23.6 Å². The first kappa shape index (κ1) is 11.0. The molecule has 0 spiro atoms. The molecule has 0 aliphatic rings. The van der Waals surface area contributed by atoms with Crippen molar-refractivity contribution in [3.05, 3.63) is 22.0 Å². The first-order valence-electron chi connectivity index (χ1n) is 3.63. The maximum atomic E-state index is 12.2. The zero-order chi connectivity index (χ0) is 11.6. The molecule has 1 aromatic rings. The van der Waals surface area contributed by atoms with Crippen molar-refractivity contribution in [2.24, 2.45) is 0 Å². The van der Waals surface area contributed by atoms with Crippen LogP contribution in [0.15, 0.2) is 6.20 Å². The predicted molar refractivity (Wildman–Crippen MR) is 41.5 cm³/mol. The van der Waals surface area contributed by atoms with Crippen molar-refractivity contribution in [2.45, 2.75) is 13.0 Å². The summed E-state index contributed by atoms with van der Waals surface area (Å²) in [6, 6.07) is 0. The monoisotopic (exact) mass is 221 g/mol. The molecule has 0 bridgehead atoms. The molecule has 0 aliphatic carbocycles. The number of aliphatic carboxylic acids is 1. The van der Waals surface area contributed by atoms with Crippen LogP contribution in [-0.2, 0) is 11.3 Å². The molecule has 82 valence electrons. The third-order valence-electron chi connectivity index (χ3n) is 1.47. The Morgan fingerprint density at radius 2 is 2.33 bits per heavy atom. The highest BCUT2D eigenvalue weighted by atomic mass is 19.3. The first-order valence-corrected chi connectivity index (χ1v) is 3.63. The van der Waals surface area contributed by atoms with Crippen LogP contribution in [0.4, 0.5) is 14.5 Å². The van der Waals surface area contributed by atoms with Crippen molar-refractivity contribution in [2.75, 3.05) is 0 Å². The average Bonchev–Trinajstić information content (AvgIpc) is 2.46. The van der Waals surface area contributed by atoms with E-state index in [0.29, 0.717) is 10.9 Å². The van der Waals surface area contributed by atoms with Crippen LogP contribution in [0.2, 0.25) is 0 Å². The lowest BCUT2D eigenvalue weighted by Gasteiger charge is -1.93.